The minimum atomic E-state index is 0.408. The van der Waals surface area contributed by atoms with Gasteiger partial charge in [-0.2, -0.15) is 0 Å². The Bertz CT molecular complexity index is 620. The van der Waals surface area contributed by atoms with Crippen molar-refractivity contribution in [1.82, 2.24) is 19.7 Å². The Labute approximate surface area is 134 Å². The first-order valence-corrected chi connectivity index (χ1v) is 9.00. The summed E-state index contributed by atoms with van der Waals surface area (Å²) < 4.78 is 7.68. The van der Waals surface area contributed by atoms with Crippen LogP contribution >= 0.6 is 11.8 Å². The molecule has 1 atom stereocenters. The molecule has 3 heterocycles. The van der Waals surface area contributed by atoms with Crippen LogP contribution in [0.25, 0.3) is 11.4 Å². The lowest BCUT2D eigenvalue weighted by atomic mass is 9.95. The molecule has 2 aromatic heterocycles. The molecule has 0 N–H and O–H groups in total. The molecule has 1 saturated heterocycles. The lowest BCUT2D eigenvalue weighted by Crippen LogP contribution is -2.15. The highest BCUT2D eigenvalue weighted by Crippen LogP contribution is 2.36. The minimum absolute atomic E-state index is 0.408. The summed E-state index contributed by atoms with van der Waals surface area (Å²) in [6.45, 7) is 0.891. The second-order valence-electron chi connectivity index (χ2n) is 5.97. The van der Waals surface area contributed by atoms with Gasteiger partial charge in [0, 0.05) is 29.8 Å². The maximum Gasteiger partial charge on any atom is 0.191 e. The predicted molar refractivity (Wildman–Crippen MR) is 85.8 cm³/mol. The molecule has 2 aliphatic rings. The van der Waals surface area contributed by atoms with E-state index in [1.165, 1.54) is 32.1 Å². The van der Waals surface area contributed by atoms with E-state index in [0.717, 1.165) is 28.9 Å². The summed E-state index contributed by atoms with van der Waals surface area (Å²) >= 11 is 1.78. The van der Waals surface area contributed by atoms with Crippen LogP contribution in [0.5, 0.6) is 0 Å². The van der Waals surface area contributed by atoms with Gasteiger partial charge in [-0.15, -0.1) is 10.2 Å². The molecule has 1 unspecified atom stereocenters. The Morgan fingerprint density at radius 2 is 1.91 bits per heavy atom. The number of ether oxygens (including phenoxy) is 1. The number of aromatic nitrogens is 4. The third-order valence-corrected chi connectivity index (χ3v) is 5.42. The first kappa shape index (κ1) is 14.2. The van der Waals surface area contributed by atoms with E-state index >= 15 is 0 Å². The molecule has 1 aliphatic heterocycles. The van der Waals surface area contributed by atoms with Gasteiger partial charge in [0.15, 0.2) is 11.0 Å². The average Bonchev–Trinajstić information content (AvgIpc) is 3.32. The summed E-state index contributed by atoms with van der Waals surface area (Å²) in [7, 11) is 0. The van der Waals surface area contributed by atoms with Gasteiger partial charge in [0.25, 0.3) is 0 Å². The normalized spacial score (nSPS) is 21.9. The molecular formula is C16H20N4OS. The molecule has 2 fully saturated rings. The van der Waals surface area contributed by atoms with E-state index < -0.39 is 0 Å². The monoisotopic (exact) mass is 316 g/mol. The Morgan fingerprint density at radius 3 is 2.64 bits per heavy atom. The van der Waals surface area contributed by atoms with E-state index in [0.29, 0.717) is 12.1 Å². The third kappa shape index (κ3) is 3.03. The maximum atomic E-state index is 5.32. The van der Waals surface area contributed by atoms with Gasteiger partial charge < -0.3 is 4.74 Å². The Hall–Kier alpha value is -1.40. The highest BCUT2D eigenvalue weighted by molar-refractivity contribution is 7.99. The van der Waals surface area contributed by atoms with Crippen molar-refractivity contribution in [3.8, 4) is 11.4 Å². The van der Waals surface area contributed by atoms with E-state index in [1.807, 2.05) is 24.5 Å². The number of epoxide rings is 1. The first-order valence-electron chi connectivity index (χ1n) is 8.01. The molecule has 0 radical (unpaired) electrons. The maximum absolute atomic E-state index is 5.32. The molecule has 2 aromatic rings. The van der Waals surface area contributed by atoms with E-state index in [-0.39, 0.29) is 0 Å². The van der Waals surface area contributed by atoms with Gasteiger partial charge in [-0.05, 0) is 25.0 Å². The predicted octanol–water partition coefficient (Wildman–Crippen LogP) is 3.34. The topological polar surface area (TPSA) is 56.1 Å². The molecule has 6 heteroatoms. The molecular weight excluding hydrogens is 296 g/mol. The summed E-state index contributed by atoms with van der Waals surface area (Å²) in [6.07, 6.45) is 10.4. The van der Waals surface area contributed by atoms with Crippen LogP contribution < -0.4 is 0 Å². The van der Waals surface area contributed by atoms with Gasteiger partial charge in [-0.3, -0.25) is 9.55 Å². The number of thioether (sulfide) groups is 1. The quantitative estimate of drug-likeness (QED) is 0.625. The Morgan fingerprint density at radius 1 is 1.14 bits per heavy atom. The minimum Gasteiger partial charge on any atom is -0.372 e. The van der Waals surface area contributed by atoms with Crippen molar-refractivity contribution < 1.29 is 4.74 Å². The Balaban J connectivity index is 1.66. The van der Waals surface area contributed by atoms with Crippen LogP contribution in [-0.2, 0) is 4.74 Å². The van der Waals surface area contributed by atoms with Crippen molar-refractivity contribution in [1.29, 1.82) is 0 Å². The van der Waals surface area contributed by atoms with E-state index in [1.54, 1.807) is 11.8 Å². The summed E-state index contributed by atoms with van der Waals surface area (Å²) in [5, 5.41) is 9.99. The highest BCUT2D eigenvalue weighted by atomic mass is 32.2. The molecule has 0 amide bonds. The zero-order valence-corrected chi connectivity index (χ0v) is 13.3. The van der Waals surface area contributed by atoms with Crippen LogP contribution in [0.4, 0.5) is 0 Å². The van der Waals surface area contributed by atoms with Crippen molar-refractivity contribution in [2.24, 2.45) is 0 Å². The molecule has 0 aromatic carbocycles. The van der Waals surface area contributed by atoms with Gasteiger partial charge in [-0.25, -0.2) is 0 Å². The summed E-state index contributed by atoms with van der Waals surface area (Å²) in [6, 6.07) is 4.55. The fourth-order valence-corrected chi connectivity index (χ4v) is 4.07. The number of hydrogen-bond acceptors (Lipinski definition) is 5. The van der Waals surface area contributed by atoms with Gasteiger partial charge in [0.1, 0.15) is 0 Å². The molecule has 0 bridgehead atoms. The SMILES string of the molecule is c1cc(-c2nnc(SCC3CO3)n2C2CCCCC2)ccn1. The molecule has 0 spiro atoms. The Kier molecular flexibility index (Phi) is 4.12. The van der Waals surface area contributed by atoms with Crippen LogP contribution in [0.15, 0.2) is 29.7 Å². The zero-order valence-electron chi connectivity index (χ0n) is 12.5. The van der Waals surface area contributed by atoms with Gasteiger partial charge in [0.2, 0.25) is 0 Å². The molecule has 1 aliphatic carbocycles. The second kappa shape index (κ2) is 6.38. The fraction of sp³-hybridized carbons (Fsp3) is 0.562. The number of pyridine rings is 1. The summed E-state index contributed by atoms with van der Waals surface area (Å²) in [5.41, 5.74) is 1.10. The lowest BCUT2D eigenvalue weighted by Gasteiger charge is -2.25. The average molecular weight is 316 g/mol. The molecule has 116 valence electrons. The van der Waals surface area contributed by atoms with Crippen molar-refractivity contribution >= 4 is 11.8 Å². The standard InChI is InChI=1S/C16H20N4OS/c1-2-4-13(5-3-1)20-15(12-6-8-17-9-7-12)18-19-16(20)22-11-14-10-21-14/h6-9,13-14H,1-5,10-11H2. The van der Waals surface area contributed by atoms with Crippen molar-refractivity contribution in [2.45, 2.75) is 49.4 Å². The molecule has 1 saturated carbocycles. The van der Waals surface area contributed by atoms with Gasteiger partial charge in [-0.1, -0.05) is 31.0 Å². The van der Waals surface area contributed by atoms with Crippen LogP contribution in [0, 0.1) is 0 Å². The highest BCUT2D eigenvalue weighted by Gasteiger charge is 2.27. The van der Waals surface area contributed by atoms with Crippen LogP contribution in [0.1, 0.15) is 38.1 Å². The zero-order chi connectivity index (χ0) is 14.8. The van der Waals surface area contributed by atoms with Gasteiger partial charge >= 0.3 is 0 Å². The van der Waals surface area contributed by atoms with Crippen LogP contribution in [0.3, 0.4) is 0 Å². The number of rotatable bonds is 5. The smallest absolute Gasteiger partial charge is 0.191 e. The summed E-state index contributed by atoms with van der Waals surface area (Å²) in [4.78, 5) is 4.11. The first-order chi connectivity index (χ1) is 10.9. The van der Waals surface area contributed by atoms with Gasteiger partial charge in [0.05, 0.1) is 12.7 Å². The fourth-order valence-electron chi connectivity index (χ4n) is 3.07. The molecule has 4 rings (SSSR count). The lowest BCUT2D eigenvalue weighted by molar-refractivity contribution is 0.339. The molecule has 22 heavy (non-hydrogen) atoms. The largest absolute Gasteiger partial charge is 0.372 e. The third-order valence-electron chi connectivity index (χ3n) is 4.34. The van der Waals surface area contributed by atoms with E-state index in [9.17, 15) is 0 Å². The van der Waals surface area contributed by atoms with E-state index in [4.69, 9.17) is 4.74 Å². The van der Waals surface area contributed by atoms with Crippen LogP contribution in [0.2, 0.25) is 0 Å². The van der Waals surface area contributed by atoms with Crippen molar-refractivity contribution in [3.05, 3.63) is 24.5 Å². The second-order valence-corrected chi connectivity index (χ2v) is 6.96. The van der Waals surface area contributed by atoms with Crippen LogP contribution in [-0.4, -0.2) is 38.2 Å². The van der Waals surface area contributed by atoms with Crippen molar-refractivity contribution in [2.75, 3.05) is 12.4 Å². The number of hydrogen-bond donors (Lipinski definition) is 0. The molecule has 5 nitrogen and oxygen atoms in total. The number of nitrogens with zero attached hydrogens (tertiary/aromatic N) is 4. The summed E-state index contributed by atoms with van der Waals surface area (Å²) in [5.74, 6) is 1.95. The van der Waals surface area contributed by atoms with E-state index in [2.05, 4.69) is 19.7 Å². The van der Waals surface area contributed by atoms with Crippen molar-refractivity contribution in [3.63, 3.8) is 0 Å².